The minimum atomic E-state index is -3.95. The monoisotopic (exact) mass is 453 g/mol. The predicted molar refractivity (Wildman–Crippen MR) is 124 cm³/mol. The van der Waals surface area contributed by atoms with E-state index >= 15 is 0 Å². The van der Waals surface area contributed by atoms with E-state index in [1.165, 1.54) is 16.8 Å². The SMILES string of the molecule is Cc1ccc(CN(CC(=O)NN=Cc2ccco2)S(=O)(=O)c2c(C)cc(C)cc2C)cc1. The number of furan rings is 1. The molecule has 0 aliphatic rings. The quantitative estimate of drug-likeness (QED) is 0.414. The fraction of sp³-hybridized carbons (Fsp3) is 0.250. The average Bonchev–Trinajstić information content (AvgIpc) is 3.21. The number of carbonyl (C=O) groups is 1. The molecule has 0 saturated heterocycles. The lowest BCUT2D eigenvalue weighted by Crippen LogP contribution is -2.39. The van der Waals surface area contributed by atoms with Crippen LogP contribution in [0.4, 0.5) is 0 Å². The van der Waals surface area contributed by atoms with Crippen molar-refractivity contribution in [3.63, 3.8) is 0 Å². The molecule has 0 saturated carbocycles. The van der Waals surface area contributed by atoms with Gasteiger partial charge in [-0.2, -0.15) is 9.41 Å². The lowest BCUT2D eigenvalue weighted by molar-refractivity contribution is -0.121. The van der Waals surface area contributed by atoms with Crippen LogP contribution in [-0.2, 0) is 21.4 Å². The minimum absolute atomic E-state index is 0.0602. The van der Waals surface area contributed by atoms with Gasteiger partial charge in [-0.15, -0.1) is 0 Å². The summed E-state index contributed by atoms with van der Waals surface area (Å²) in [6.07, 6.45) is 2.84. The van der Waals surface area contributed by atoms with Gasteiger partial charge in [-0.05, 0) is 56.5 Å². The van der Waals surface area contributed by atoms with Crippen molar-refractivity contribution in [3.05, 3.63) is 88.4 Å². The molecule has 0 spiro atoms. The van der Waals surface area contributed by atoms with Crippen LogP contribution in [0.15, 0.2) is 69.2 Å². The van der Waals surface area contributed by atoms with Crippen molar-refractivity contribution in [3.8, 4) is 0 Å². The molecule has 0 aliphatic carbocycles. The first-order valence-corrected chi connectivity index (χ1v) is 11.6. The fourth-order valence-corrected chi connectivity index (χ4v) is 5.35. The van der Waals surface area contributed by atoms with E-state index in [0.717, 1.165) is 16.7 Å². The summed E-state index contributed by atoms with van der Waals surface area (Å²) in [4.78, 5) is 12.8. The van der Waals surface area contributed by atoms with Gasteiger partial charge in [0, 0.05) is 6.54 Å². The van der Waals surface area contributed by atoms with Gasteiger partial charge in [-0.3, -0.25) is 4.79 Å². The third kappa shape index (κ3) is 5.72. The van der Waals surface area contributed by atoms with Gasteiger partial charge in [-0.1, -0.05) is 47.5 Å². The largest absolute Gasteiger partial charge is 0.463 e. The molecule has 3 aromatic rings. The number of carbonyl (C=O) groups excluding carboxylic acids is 1. The highest BCUT2D eigenvalue weighted by Gasteiger charge is 2.30. The molecule has 0 fully saturated rings. The van der Waals surface area contributed by atoms with E-state index < -0.39 is 15.9 Å². The summed E-state index contributed by atoms with van der Waals surface area (Å²) in [5.41, 5.74) is 6.50. The molecular formula is C24H27N3O4S. The standard InChI is InChI=1S/C24H27N3O4S/c1-17-7-9-21(10-8-17)15-27(16-23(28)26-25-14-22-6-5-11-31-22)32(29,30)24-19(3)12-18(2)13-20(24)4/h5-14H,15-16H2,1-4H3,(H,26,28). The molecule has 0 unspecified atom stereocenters. The summed E-state index contributed by atoms with van der Waals surface area (Å²) in [5.74, 6) is -0.0775. The first-order chi connectivity index (χ1) is 15.2. The van der Waals surface area contributed by atoms with Crippen molar-refractivity contribution in [2.75, 3.05) is 6.54 Å². The number of hydrogen-bond acceptors (Lipinski definition) is 5. The summed E-state index contributed by atoms with van der Waals surface area (Å²) < 4.78 is 33.6. The first kappa shape index (κ1) is 23.4. The number of rotatable bonds is 8. The predicted octanol–water partition coefficient (Wildman–Crippen LogP) is 3.85. The first-order valence-electron chi connectivity index (χ1n) is 10.2. The van der Waals surface area contributed by atoms with E-state index in [1.54, 1.807) is 26.0 Å². The van der Waals surface area contributed by atoms with E-state index in [0.29, 0.717) is 16.9 Å². The molecule has 0 atom stereocenters. The third-order valence-electron chi connectivity index (χ3n) is 4.93. The normalized spacial score (nSPS) is 11.9. The Hall–Kier alpha value is -3.23. The van der Waals surface area contributed by atoms with Crippen molar-refractivity contribution < 1.29 is 17.6 Å². The molecular weight excluding hydrogens is 426 g/mol. The third-order valence-corrected chi connectivity index (χ3v) is 7.02. The minimum Gasteiger partial charge on any atom is -0.463 e. The Morgan fingerprint density at radius 3 is 2.28 bits per heavy atom. The van der Waals surface area contributed by atoms with E-state index in [1.807, 2.05) is 50.2 Å². The summed E-state index contributed by atoms with van der Waals surface area (Å²) in [6, 6.07) is 14.6. The highest BCUT2D eigenvalue weighted by atomic mass is 32.2. The molecule has 3 rings (SSSR count). The topological polar surface area (TPSA) is 92.0 Å². The average molecular weight is 454 g/mol. The molecule has 1 aromatic heterocycles. The Morgan fingerprint density at radius 2 is 1.69 bits per heavy atom. The van der Waals surface area contributed by atoms with Crippen molar-refractivity contribution in [2.45, 2.75) is 39.1 Å². The molecule has 168 valence electrons. The fourth-order valence-electron chi connectivity index (χ4n) is 3.55. The number of nitrogens with zero attached hydrogens (tertiary/aromatic N) is 2. The Kier molecular flexibility index (Phi) is 7.27. The van der Waals surface area contributed by atoms with Crippen LogP contribution in [-0.4, -0.2) is 31.4 Å². The van der Waals surface area contributed by atoms with Crippen molar-refractivity contribution in [1.82, 2.24) is 9.73 Å². The second-order valence-corrected chi connectivity index (χ2v) is 9.67. The molecule has 1 N–H and O–H groups in total. The number of nitrogens with one attached hydrogen (secondary N) is 1. The van der Waals surface area contributed by atoms with Crippen LogP contribution in [0.1, 0.15) is 33.6 Å². The van der Waals surface area contributed by atoms with E-state index in [9.17, 15) is 13.2 Å². The zero-order valence-electron chi connectivity index (χ0n) is 18.6. The molecule has 0 bridgehead atoms. The van der Waals surface area contributed by atoms with Gasteiger partial charge in [0.1, 0.15) is 5.76 Å². The maximum atomic E-state index is 13.6. The molecule has 2 aromatic carbocycles. The summed E-state index contributed by atoms with van der Waals surface area (Å²) in [6.45, 7) is 7.10. The lowest BCUT2D eigenvalue weighted by atomic mass is 10.1. The van der Waals surface area contributed by atoms with Gasteiger partial charge in [-0.25, -0.2) is 13.8 Å². The second-order valence-electron chi connectivity index (χ2n) is 7.80. The van der Waals surface area contributed by atoms with Gasteiger partial charge in [0.15, 0.2) is 0 Å². The van der Waals surface area contributed by atoms with Gasteiger partial charge in [0.05, 0.1) is 23.9 Å². The molecule has 0 radical (unpaired) electrons. The summed E-state index contributed by atoms with van der Waals surface area (Å²) in [7, 11) is -3.95. The zero-order chi connectivity index (χ0) is 23.3. The van der Waals surface area contributed by atoms with Crippen molar-refractivity contribution in [1.29, 1.82) is 0 Å². The van der Waals surface area contributed by atoms with Crippen molar-refractivity contribution >= 4 is 22.1 Å². The Morgan fingerprint density at radius 1 is 1.03 bits per heavy atom. The van der Waals surface area contributed by atoms with Gasteiger partial charge >= 0.3 is 0 Å². The number of hydrazone groups is 1. The Bertz CT molecular complexity index is 1190. The summed E-state index contributed by atoms with van der Waals surface area (Å²) in [5, 5.41) is 3.85. The highest BCUT2D eigenvalue weighted by molar-refractivity contribution is 7.89. The lowest BCUT2D eigenvalue weighted by Gasteiger charge is -2.24. The molecule has 1 heterocycles. The second kappa shape index (κ2) is 9.93. The maximum absolute atomic E-state index is 13.6. The van der Waals surface area contributed by atoms with Gasteiger partial charge < -0.3 is 4.42 Å². The van der Waals surface area contributed by atoms with E-state index in [4.69, 9.17) is 4.42 Å². The van der Waals surface area contributed by atoms with Crippen LogP contribution >= 0.6 is 0 Å². The zero-order valence-corrected chi connectivity index (χ0v) is 19.4. The van der Waals surface area contributed by atoms with Crippen LogP contribution in [0, 0.1) is 27.7 Å². The van der Waals surface area contributed by atoms with Crippen LogP contribution in [0.25, 0.3) is 0 Å². The number of benzene rings is 2. The maximum Gasteiger partial charge on any atom is 0.255 e. The number of amides is 1. The van der Waals surface area contributed by atoms with Crippen LogP contribution < -0.4 is 5.43 Å². The molecule has 1 amide bonds. The number of aryl methyl sites for hydroxylation is 4. The Balaban J connectivity index is 1.89. The van der Waals surface area contributed by atoms with Gasteiger partial charge in [0.25, 0.3) is 5.91 Å². The molecule has 32 heavy (non-hydrogen) atoms. The summed E-state index contributed by atoms with van der Waals surface area (Å²) >= 11 is 0. The molecule has 8 heteroatoms. The molecule has 0 aliphatic heterocycles. The van der Waals surface area contributed by atoms with E-state index in [2.05, 4.69) is 10.5 Å². The van der Waals surface area contributed by atoms with Gasteiger partial charge in [0.2, 0.25) is 10.0 Å². The van der Waals surface area contributed by atoms with Crippen LogP contribution in [0.3, 0.4) is 0 Å². The van der Waals surface area contributed by atoms with E-state index in [-0.39, 0.29) is 18.0 Å². The smallest absolute Gasteiger partial charge is 0.255 e. The van der Waals surface area contributed by atoms with Crippen LogP contribution in [0.2, 0.25) is 0 Å². The van der Waals surface area contributed by atoms with Crippen LogP contribution in [0.5, 0.6) is 0 Å². The Labute approximate surface area is 188 Å². The highest BCUT2D eigenvalue weighted by Crippen LogP contribution is 2.26. The number of hydrogen-bond donors (Lipinski definition) is 1. The number of sulfonamides is 1. The molecule has 7 nitrogen and oxygen atoms in total. The van der Waals surface area contributed by atoms with Crippen molar-refractivity contribution in [2.24, 2.45) is 5.10 Å².